The second-order valence-corrected chi connectivity index (χ2v) is 5.98. The Morgan fingerprint density at radius 2 is 1.81 bits per heavy atom. The number of amides is 1. The smallest absolute Gasteiger partial charge is 0.287 e. The molecule has 5 nitrogen and oxygen atoms in total. The Morgan fingerprint density at radius 1 is 1.04 bits per heavy atom. The summed E-state index contributed by atoms with van der Waals surface area (Å²) in [5.41, 5.74) is 1.60. The van der Waals surface area contributed by atoms with E-state index < -0.39 is 0 Å². The second-order valence-electron chi connectivity index (χ2n) is 5.98. The van der Waals surface area contributed by atoms with E-state index >= 15 is 0 Å². The predicted octanol–water partition coefficient (Wildman–Crippen LogP) is 4.31. The molecule has 0 aliphatic carbocycles. The Labute approximate surface area is 149 Å². The van der Waals surface area contributed by atoms with Crippen molar-refractivity contribution in [1.29, 1.82) is 0 Å². The van der Waals surface area contributed by atoms with E-state index in [-0.39, 0.29) is 30.3 Å². The van der Waals surface area contributed by atoms with Gasteiger partial charge in [-0.3, -0.25) is 4.79 Å². The van der Waals surface area contributed by atoms with Crippen LogP contribution in [0.1, 0.15) is 29.1 Å². The molecule has 1 aliphatic rings. The summed E-state index contributed by atoms with van der Waals surface area (Å²) in [6, 6.07) is 14.5. The highest BCUT2D eigenvalue weighted by Crippen LogP contribution is 2.34. The number of halogens is 1. The molecule has 0 bridgehead atoms. The van der Waals surface area contributed by atoms with Gasteiger partial charge in [-0.1, -0.05) is 6.07 Å². The highest BCUT2D eigenvalue weighted by Gasteiger charge is 2.19. The summed E-state index contributed by atoms with van der Waals surface area (Å²) < 4.78 is 29.3. The SMILES string of the molecule is C[C@@H](NC(=O)c1ccc(-c2ccc(F)cc2)o1)c1ccc2c(c1)OCO2. The Kier molecular flexibility index (Phi) is 4.08. The minimum absolute atomic E-state index is 0.192. The number of hydrogen-bond donors (Lipinski definition) is 1. The summed E-state index contributed by atoms with van der Waals surface area (Å²) >= 11 is 0. The number of hydrogen-bond acceptors (Lipinski definition) is 4. The normalized spacial score (nSPS) is 13.5. The Hall–Kier alpha value is -3.28. The van der Waals surface area contributed by atoms with Crippen LogP contribution >= 0.6 is 0 Å². The highest BCUT2D eigenvalue weighted by atomic mass is 19.1. The van der Waals surface area contributed by atoms with Crippen LogP contribution in [0.15, 0.2) is 59.0 Å². The number of benzene rings is 2. The predicted molar refractivity (Wildman–Crippen MR) is 92.5 cm³/mol. The molecule has 0 radical (unpaired) electrons. The lowest BCUT2D eigenvalue weighted by Gasteiger charge is -2.13. The van der Waals surface area contributed by atoms with Crippen LogP contribution in [0.5, 0.6) is 11.5 Å². The van der Waals surface area contributed by atoms with Crippen molar-refractivity contribution in [1.82, 2.24) is 5.32 Å². The zero-order valence-electron chi connectivity index (χ0n) is 14.0. The fourth-order valence-corrected chi connectivity index (χ4v) is 2.76. The molecule has 2 aromatic carbocycles. The van der Waals surface area contributed by atoms with Crippen LogP contribution in [0.4, 0.5) is 4.39 Å². The van der Waals surface area contributed by atoms with Gasteiger partial charge < -0.3 is 19.2 Å². The monoisotopic (exact) mass is 353 g/mol. The molecule has 26 heavy (non-hydrogen) atoms. The number of ether oxygens (including phenoxy) is 2. The Bertz CT molecular complexity index is 949. The lowest BCUT2D eigenvalue weighted by atomic mass is 10.1. The molecule has 1 amide bonds. The molecule has 1 N–H and O–H groups in total. The summed E-state index contributed by atoms with van der Waals surface area (Å²) in [7, 11) is 0. The van der Waals surface area contributed by atoms with E-state index in [1.54, 1.807) is 24.3 Å². The van der Waals surface area contributed by atoms with Gasteiger partial charge in [-0.25, -0.2) is 4.39 Å². The van der Waals surface area contributed by atoms with E-state index in [0.717, 1.165) is 5.56 Å². The first-order valence-electron chi connectivity index (χ1n) is 8.16. The van der Waals surface area contributed by atoms with E-state index in [9.17, 15) is 9.18 Å². The minimum atomic E-state index is -0.330. The lowest BCUT2D eigenvalue weighted by molar-refractivity contribution is 0.0912. The van der Waals surface area contributed by atoms with Crippen LogP contribution in [0.2, 0.25) is 0 Å². The van der Waals surface area contributed by atoms with Gasteiger partial charge in [0.15, 0.2) is 17.3 Å². The third-order valence-electron chi connectivity index (χ3n) is 4.20. The van der Waals surface area contributed by atoms with E-state index in [0.29, 0.717) is 22.8 Å². The second kappa shape index (κ2) is 6.55. The first-order chi connectivity index (χ1) is 12.6. The lowest BCUT2D eigenvalue weighted by Crippen LogP contribution is -2.26. The maximum absolute atomic E-state index is 13.0. The Morgan fingerprint density at radius 3 is 2.62 bits per heavy atom. The Balaban J connectivity index is 1.47. The minimum Gasteiger partial charge on any atom is -0.454 e. The average Bonchev–Trinajstić information content (AvgIpc) is 3.31. The van der Waals surface area contributed by atoms with E-state index in [1.807, 2.05) is 25.1 Å². The summed E-state index contributed by atoms with van der Waals surface area (Å²) in [6.45, 7) is 2.08. The third-order valence-corrected chi connectivity index (χ3v) is 4.20. The summed E-state index contributed by atoms with van der Waals surface area (Å²) in [4.78, 5) is 12.4. The quantitative estimate of drug-likeness (QED) is 0.759. The van der Waals surface area contributed by atoms with Crippen LogP contribution in [0.3, 0.4) is 0 Å². The van der Waals surface area contributed by atoms with Crippen molar-refractivity contribution < 1.29 is 23.1 Å². The van der Waals surface area contributed by atoms with E-state index in [1.165, 1.54) is 12.1 Å². The average molecular weight is 353 g/mol. The van der Waals surface area contributed by atoms with Gasteiger partial charge >= 0.3 is 0 Å². The molecule has 4 rings (SSSR count). The zero-order valence-corrected chi connectivity index (χ0v) is 14.0. The number of rotatable bonds is 4. The molecule has 6 heteroatoms. The molecule has 0 saturated heterocycles. The van der Waals surface area contributed by atoms with Crippen molar-refractivity contribution in [3.05, 3.63) is 71.7 Å². The summed E-state index contributed by atoms with van der Waals surface area (Å²) in [5, 5.41) is 2.89. The summed E-state index contributed by atoms with van der Waals surface area (Å²) in [5.74, 6) is 1.41. The molecule has 0 unspecified atom stereocenters. The fourth-order valence-electron chi connectivity index (χ4n) is 2.76. The van der Waals surface area contributed by atoms with Crippen molar-refractivity contribution in [2.45, 2.75) is 13.0 Å². The van der Waals surface area contributed by atoms with Crippen LogP contribution in [0.25, 0.3) is 11.3 Å². The van der Waals surface area contributed by atoms with Gasteiger partial charge in [-0.2, -0.15) is 0 Å². The van der Waals surface area contributed by atoms with Gasteiger partial charge in [0, 0.05) is 5.56 Å². The van der Waals surface area contributed by atoms with Crippen molar-refractivity contribution in [3.63, 3.8) is 0 Å². The first-order valence-corrected chi connectivity index (χ1v) is 8.16. The van der Waals surface area contributed by atoms with E-state index in [4.69, 9.17) is 13.9 Å². The van der Waals surface area contributed by atoms with Crippen molar-refractivity contribution in [2.24, 2.45) is 0 Å². The van der Waals surface area contributed by atoms with Gasteiger partial charge in [-0.15, -0.1) is 0 Å². The molecule has 1 aliphatic heterocycles. The molecule has 1 atom stereocenters. The molecule has 2 heterocycles. The first kappa shape index (κ1) is 16.2. The highest BCUT2D eigenvalue weighted by molar-refractivity contribution is 5.92. The van der Waals surface area contributed by atoms with Gasteiger partial charge in [-0.05, 0) is 61.0 Å². The van der Waals surface area contributed by atoms with E-state index in [2.05, 4.69) is 5.32 Å². The molecule has 3 aromatic rings. The molecule has 0 fully saturated rings. The van der Waals surface area contributed by atoms with Crippen LogP contribution in [0, 0.1) is 5.82 Å². The van der Waals surface area contributed by atoms with Gasteiger partial charge in [0.25, 0.3) is 5.91 Å². The van der Waals surface area contributed by atoms with Crippen molar-refractivity contribution in [2.75, 3.05) is 6.79 Å². The van der Waals surface area contributed by atoms with Crippen LogP contribution in [-0.2, 0) is 0 Å². The largest absolute Gasteiger partial charge is 0.454 e. The molecule has 1 aromatic heterocycles. The molecular weight excluding hydrogens is 337 g/mol. The standard InChI is InChI=1S/C20H16FNO4/c1-12(14-4-7-17-19(10-14)25-11-24-17)22-20(23)18-9-8-16(26-18)13-2-5-15(21)6-3-13/h2-10,12H,11H2,1H3,(H,22,23)/t12-/m1/s1. The number of carbonyl (C=O) groups is 1. The molecular formula is C20H16FNO4. The molecule has 0 saturated carbocycles. The van der Waals surface area contributed by atoms with Gasteiger partial charge in [0.1, 0.15) is 11.6 Å². The summed E-state index contributed by atoms with van der Waals surface area (Å²) in [6.07, 6.45) is 0. The maximum Gasteiger partial charge on any atom is 0.287 e. The fraction of sp³-hybridized carbons (Fsp3) is 0.150. The van der Waals surface area contributed by atoms with Gasteiger partial charge in [0.2, 0.25) is 6.79 Å². The van der Waals surface area contributed by atoms with Crippen LogP contribution < -0.4 is 14.8 Å². The third kappa shape index (κ3) is 3.13. The van der Waals surface area contributed by atoms with Gasteiger partial charge in [0.05, 0.1) is 6.04 Å². The maximum atomic E-state index is 13.0. The molecule has 132 valence electrons. The number of carbonyl (C=O) groups excluding carboxylic acids is 1. The number of nitrogens with one attached hydrogen (secondary N) is 1. The van der Waals surface area contributed by atoms with Crippen molar-refractivity contribution >= 4 is 5.91 Å². The zero-order chi connectivity index (χ0) is 18.1. The topological polar surface area (TPSA) is 60.7 Å². The molecule has 0 spiro atoms. The number of furan rings is 1. The van der Waals surface area contributed by atoms with Crippen LogP contribution in [-0.4, -0.2) is 12.7 Å². The number of fused-ring (bicyclic) bond motifs is 1. The van der Waals surface area contributed by atoms with Crippen molar-refractivity contribution in [3.8, 4) is 22.8 Å².